The fraction of sp³-hybridized carbons (Fsp3) is 0.176. The van der Waals surface area contributed by atoms with Gasteiger partial charge in [-0.15, -0.1) is 0 Å². The molecule has 0 aliphatic carbocycles. The highest BCUT2D eigenvalue weighted by Gasteiger charge is 2.08. The highest BCUT2D eigenvalue weighted by molar-refractivity contribution is 7.16. The zero-order valence-corrected chi connectivity index (χ0v) is 13.2. The quantitative estimate of drug-likeness (QED) is 0.706. The normalized spacial score (nSPS) is 12.0. The lowest BCUT2D eigenvalue weighted by molar-refractivity contribution is 0.0998. The number of halogens is 1. The molecule has 0 saturated carbocycles. The van der Waals surface area contributed by atoms with E-state index in [0.717, 1.165) is 16.8 Å². The van der Waals surface area contributed by atoms with Gasteiger partial charge >= 0.3 is 0 Å². The molecule has 22 heavy (non-hydrogen) atoms. The second-order valence-corrected chi connectivity index (χ2v) is 6.03. The smallest absolute Gasteiger partial charge is 0.279 e. The summed E-state index contributed by atoms with van der Waals surface area (Å²) in [6.45, 7) is 4.79. The molecule has 3 aromatic rings. The molecule has 5 heteroatoms. The Bertz CT molecular complexity index is 907. The molecular formula is C17H15FN2OS. The second-order valence-electron chi connectivity index (χ2n) is 5.02. The molecule has 0 atom stereocenters. The van der Waals surface area contributed by atoms with Crippen LogP contribution >= 0.6 is 11.3 Å². The fourth-order valence-electron chi connectivity index (χ4n) is 2.32. The molecule has 3 rings (SSSR count). The molecule has 0 saturated heterocycles. The first-order valence-electron chi connectivity index (χ1n) is 7.03. The molecule has 0 bridgehead atoms. The summed E-state index contributed by atoms with van der Waals surface area (Å²) in [6, 6.07) is 11.6. The first-order valence-corrected chi connectivity index (χ1v) is 7.85. The van der Waals surface area contributed by atoms with E-state index in [2.05, 4.69) is 11.1 Å². The third kappa shape index (κ3) is 2.72. The molecule has 0 unspecified atom stereocenters. The van der Waals surface area contributed by atoms with E-state index in [0.29, 0.717) is 10.4 Å². The first kappa shape index (κ1) is 14.7. The summed E-state index contributed by atoms with van der Waals surface area (Å²) in [7, 11) is 0. The van der Waals surface area contributed by atoms with Crippen LogP contribution in [0, 0.1) is 12.7 Å². The van der Waals surface area contributed by atoms with Crippen molar-refractivity contribution in [3.8, 4) is 0 Å². The van der Waals surface area contributed by atoms with E-state index in [4.69, 9.17) is 0 Å². The lowest BCUT2D eigenvalue weighted by Gasteiger charge is -2.00. The number of hydrogen-bond donors (Lipinski definition) is 0. The number of rotatable bonds is 2. The van der Waals surface area contributed by atoms with E-state index in [1.165, 1.54) is 41.2 Å². The van der Waals surface area contributed by atoms with Gasteiger partial charge in [-0.25, -0.2) is 4.39 Å². The van der Waals surface area contributed by atoms with E-state index in [9.17, 15) is 9.18 Å². The number of aromatic nitrogens is 1. The molecule has 0 radical (unpaired) electrons. The predicted octanol–water partition coefficient (Wildman–Crippen LogP) is 3.91. The molecule has 112 valence electrons. The van der Waals surface area contributed by atoms with E-state index in [1.807, 2.05) is 30.5 Å². The van der Waals surface area contributed by atoms with E-state index < -0.39 is 0 Å². The minimum absolute atomic E-state index is 0.356. The number of nitrogens with zero attached hydrogens (tertiary/aromatic N) is 2. The van der Waals surface area contributed by atoms with Crippen molar-refractivity contribution in [3.05, 3.63) is 64.2 Å². The molecule has 0 aliphatic heterocycles. The van der Waals surface area contributed by atoms with Crippen LogP contribution < -0.4 is 4.80 Å². The Kier molecular flexibility index (Phi) is 3.90. The van der Waals surface area contributed by atoms with Crippen LogP contribution in [0.1, 0.15) is 22.8 Å². The van der Waals surface area contributed by atoms with E-state index >= 15 is 0 Å². The van der Waals surface area contributed by atoms with E-state index in [1.54, 1.807) is 0 Å². The largest absolute Gasteiger partial charge is 0.317 e. The molecule has 1 amide bonds. The number of hydrogen-bond acceptors (Lipinski definition) is 2. The average Bonchev–Trinajstić information content (AvgIpc) is 2.83. The zero-order valence-electron chi connectivity index (χ0n) is 12.3. The van der Waals surface area contributed by atoms with Crippen molar-refractivity contribution in [2.75, 3.05) is 0 Å². The molecular weight excluding hydrogens is 299 g/mol. The molecule has 1 aromatic heterocycles. The summed E-state index contributed by atoms with van der Waals surface area (Å²) in [5.41, 5.74) is 2.63. The van der Waals surface area contributed by atoms with Crippen molar-refractivity contribution in [1.82, 2.24) is 4.57 Å². The highest BCUT2D eigenvalue weighted by Crippen LogP contribution is 2.19. The Morgan fingerprint density at radius 3 is 2.64 bits per heavy atom. The average molecular weight is 314 g/mol. The van der Waals surface area contributed by atoms with Gasteiger partial charge in [-0.3, -0.25) is 4.79 Å². The molecule has 0 N–H and O–H groups in total. The topological polar surface area (TPSA) is 34.4 Å². The molecule has 0 spiro atoms. The molecule has 3 nitrogen and oxygen atoms in total. The standard InChI is InChI=1S/C17H15FN2OS/c1-3-20-14-9-4-11(2)10-15(14)22-17(20)19-16(21)12-5-7-13(18)8-6-12/h4-10H,3H2,1-2H3. The zero-order chi connectivity index (χ0) is 15.7. The van der Waals surface area contributed by atoms with Crippen LogP contribution in [0.15, 0.2) is 47.5 Å². The van der Waals surface area contributed by atoms with Gasteiger partial charge in [-0.05, 0) is 55.8 Å². The number of thiazole rings is 1. The highest BCUT2D eigenvalue weighted by atomic mass is 32.1. The number of fused-ring (bicyclic) bond motifs is 1. The van der Waals surface area contributed by atoms with E-state index in [-0.39, 0.29) is 11.7 Å². The molecule has 2 aromatic carbocycles. The maximum Gasteiger partial charge on any atom is 0.279 e. The van der Waals surface area contributed by atoms with Crippen molar-refractivity contribution in [2.24, 2.45) is 4.99 Å². The Morgan fingerprint density at radius 1 is 1.23 bits per heavy atom. The maximum atomic E-state index is 12.9. The Balaban J connectivity index is 2.12. The number of carbonyl (C=O) groups is 1. The van der Waals surface area contributed by atoms with Gasteiger partial charge in [0.05, 0.1) is 10.2 Å². The fourth-order valence-corrected chi connectivity index (χ4v) is 3.51. The van der Waals surface area contributed by atoms with Crippen molar-refractivity contribution in [3.63, 3.8) is 0 Å². The third-order valence-corrected chi connectivity index (χ3v) is 4.48. The van der Waals surface area contributed by atoms with Crippen molar-refractivity contribution >= 4 is 27.5 Å². The van der Waals surface area contributed by atoms with Crippen LogP contribution in [0.2, 0.25) is 0 Å². The van der Waals surface area contributed by atoms with Crippen LogP contribution in [0.5, 0.6) is 0 Å². The molecule has 1 heterocycles. The van der Waals surface area contributed by atoms with Crippen LogP contribution in [0.3, 0.4) is 0 Å². The lowest BCUT2D eigenvalue weighted by atomic mass is 10.2. The minimum Gasteiger partial charge on any atom is -0.317 e. The van der Waals surface area contributed by atoms with Gasteiger partial charge in [-0.2, -0.15) is 4.99 Å². The van der Waals surface area contributed by atoms with Gasteiger partial charge in [-0.1, -0.05) is 17.4 Å². The van der Waals surface area contributed by atoms with Crippen LogP contribution in [0.4, 0.5) is 4.39 Å². The first-order chi connectivity index (χ1) is 10.6. The van der Waals surface area contributed by atoms with Gasteiger partial charge in [0.15, 0.2) is 4.80 Å². The number of aryl methyl sites for hydroxylation is 2. The van der Waals surface area contributed by atoms with Crippen LogP contribution in [0.25, 0.3) is 10.2 Å². The number of carbonyl (C=O) groups excluding carboxylic acids is 1. The minimum atomic E-state index is -0.363. The Hall–Kier alpha value is -2.27. The Morgan fingerprint density at radius 2 is 1.95 bits per heavy atom. The van der Waals surface area contributed by atoms with Gasteiger partial charge in [0.1, 0.15) is 5.82 Å². The summed E-state index contributed by atoms with van der Waals surface area (Å²) in [5, 5.41) is 0. The summed E-state index contributed by atoms with van der Waals surface area (Å²) < 4.78 is 16.0. The second kappa shape index (κ2) is 5.85. The van der Waals surface area contributed by atoms with Crippen LogP contribution in [-0.4, -0.2) is 10.5 Å². The lowest BCUT2D eigenvalue weighted by Crippen LogP contribution is -2.15. The Labute approximate surface area is 131 Å². The van der Waals surface area contributed by atoms with Crippen LogP contribution in [-0.2, 0) is 6.54 Å². The van der Waals surface area contributed by atoms with Crippen molar-refractivity contribution < 1.29 is 9.18 Å². The molecule has 0 aliphatic rings. The number of benzene rings is 2. The van der Waals surface area contributed by atoms with Gasteiger partial charge in [0, 0.05) is 12.1 Å². The summed E-state index contributed by atoms with van der Waals surface area (Å²) in [5.74, 6) is -0.719. The number of amides is 1. The SMILES string of the molecule is CCn1c(=NC(=O)c2ccc(F)cc2)sc2cc(C)ccc21. The van der Waals surface area contributed by atoms with Gasteiger partial charge < -0.3 is 4.57 Å². The maximum absolute atomic E-state index is 12.9. The summed E-state index contributed by atoms with van der Waals surface area (Å²) in [4.78, 5) is 17.1. The molecule has 0 fully saturated rings. The van der Waals surface area contributed by atoms with Gasteiger partial charge in [0.25, 0.3) is 5.91 Å². The monoisotopic (exact) mass is 314 g/mol. The predicted molar refractivity (Wildman–Crippen MR) is 86.5 cm³/mol. The van der Waals surface area contributed by atoms with Crippen molar-refractivity contribution in [2.45, 2.75) is 20.4 Å². The van der Waals surface area contributed by atoms with Crippen molar-refractivity contribution in [1.29, 1.82) is 0 Å². The summed E-state index contributed by atoms with van der Waals surface area (Å²) >= 11 is 1.49. The third-order valence-electron chi connectivity index (χ3n) is 3.44. The van der Waals surface area contributed by atoms with Gasteiger partial charge in [0.2, 0.25) is 0 Å². The summed E-state index contributed by atoms with van der Waals surface area (Å²) in [6.07, 6.45) is 0.